The lowest BCUT2D eigenvalue weighted by Crippen LogP contribution is -2.40. The van der Waals surface area contributed by atoms with Gasteiger partial charge in [-0.3, -0.25) is 9.59 Å². The molecule has 3 rings (SSSR count). The smallest absolute Gasteiger partial charge is 0.289 e. The lowest BCUT2D eigenvalue weighted by molar-refractivity contribution is -0.136. The van der Waals surface area contributed by atoms with Gasteiger partial charge < -0.3 is 14.2 Å². The normalized spacial score (nSPS) is 20.7. The third kappa shape index (κ3) is 3.34. The third-order valence-electron chi connectivity index (χ3n) is 4.78. The van der Waals surface area contributed by atoms with Gasteiger partial charge in [-0.2, -0.15) is 0 Å². The zero-order valence-corrected chi connectivity index (χ0v) is 13.0. The Hall–Kier alpha value is -1.78. The van der Waals surface area contributed by atoms with Gasteiger partial charge in [-0.1, -0.05) is 19.3 Å². The van der Waals surface area contributed by atoms with Crippen molar-refractivity contribution < 1.29 is 14.0 Å². The SMILES string of the molecule is O=C(c1ccco1)N1CCCN(C(=O)C2CCCCC2)CC1. The van der Waals surface area contributed by atoms with Crippen LogP contribution in [0.2, 0.25) is 0 Å². The van der Waals surface area contributed by atoms with E-state index in [0.717, 1.165) is 25.8 Å². The molecule has 1 saturated heterocycles. The van der Waals surface area contributed by atoms with Crippen LogP contribution in [-0.4, -0.2) is 47.8 Å². The van der Waals surface area contributed by atoms with Crippen LogP contribution in [-0.2, 0) is 4.79 Å². The van der Waals surface area contributed by atoms with E-state index in [1.807, 2.05) is 4.90 Å². The molecule has 0 unspecified atom stereocenters. The van der Waals surface area contributed by atoms with Crippen molar-refractivity contribution in [1.29, 1.82) is 0 Å². The molecule has 0 atom stereocenters. The van der Waals surface area contributed by atoms with Gasteiger partial charge in [0.15, 0.2) is 5.76 Å². The molecule has 5 nitrogen and oxygen atoms in total. The molecule has 1 aliphatic heterocycles. The first-order valence-corrected chi connectivity index (χ1v) is 8.37. The Morgan fingerprint density at radius 1 is 0.955 bits per heavy atom. The predicted molar refractivity (Wildman–Crippen MR) is 82.4 cm³/mol. The van der Waals surface area contributed by atoms with Crippen molar-refractivity contribution in [3.63, 3.8) is 0 Å². The fourth-order valence-corrected chi connectivity index (χ4v) is 3.50. The number of hydrogen-bond acceptors (Lipinski definition) is 3. The van der Waals surface area contributed by atoms with Crippen molar-refractivity contribution in [2.75, 3.05) is 26.2 Å². The Morgan fingerprint density at radius 2 is 1.68 bits per heavy atom. The van der Waals surface area contributed by atoms with Gasteiger partial charge in [-0.05, 0) is 31.4 Å². The standard InChI is InChI=1S/C17H24N2O3/c20-16(14-6-2-1-3-7-14)18-9-5-10-19(12-11-18)17(21)15-8-4-13-22-15/h4,8,13-14H,1-3,5-7,9-12H2. The van der Waals surface area contributed by atoms with E-state index < -0.39 is 0 Å². The third-order valence-corrected chi connectivity index (χ3v) is 4.78. The Morgan fingerprint density at radius 3 is 2.41 bits per heavy atom. The maximum atomic E-state index is 12.6. The van der Waals surface area contributed by atoms with E-state index in [2.05, 4.69) is 0 Å². The van der Waals surface area contributed by atoms with Gasteiger partial charge in [0.2, 0.25) is 5.91 Å². The molecule has 1 aromatic rings. The van der Waals surface area contributed by atoms with Gasteiger partial charge in [-0.25, -0.2) is 0 Å². The zero-order chi connectivity index (χ0) is 15.4. The summed E-state index contributed by atoms with van der Waals surface area (Å²) in [5.41, 5.74) is 0. The van der Waals surface area contributed by atoms with Crippen LogP contribution in [0.3, 0.4) is 0 Å². The Labute approximate surface area is 131 Å². The molecule has 1 aromatic heterocycles. The van der Waals surface area contributed by atoms with Gasteiger partial charge in [0.25, 0.3) is 5.91 Å². The molecule has 0 N–H and O–H groups in total. The molecular weight excluding hydrogens is 280 g/mol. The van der Waals surface area contributed by atoms with E-state index in [-0.39, 0.29) is 11.8 Å². The second-order valence-electron chi connectivity index (χ2n) is 6.28. The van der Waals surface area contributed by atoms with Gasteiger partial charge in [0, 0.05) is 32.1 Å². The number of furan rings is 1. The van der Waals surface area contributed by atoms with E-state index >= 15 is 0 Å². The van der Waals surface area contributed by atoms with E-state index in [1.54, 1.807) is 17.0 Å². The highest BCUT2D eigenvalue weighted by atomic mass is 16.3. The van der Waals surface area contributed by atoms with Crippen LogP contribution in [0.5, 0.6) is 0 Å². The molecule has 2 fully saturated rings. The number of carbonyl (C=O) groups excluding carboxylic acids is 2. The summed E-state index contributed by atoms with van der Waals surface area (Å²) in [6.45, 7) is 2.69. The molecule has 0 aromatic carbocycles. The van der Waals surface area contributed by atoms with Crippen molar-refractivity contribution >= 4 is 11.8 Å². The quantitative estimate of drug-likeness (QED) is 0.843. The zero-order valence-electron chi connectivity index (χ0n) is 13.0. The number of amides is 2. The van der Waals surface area contributed by atoms with Crippen molar-refractivity contribution in [2.24, 2.45) is 5.92 Å². The number of nitrogens with zero attached hydrogens (tertiary/aromatic N) is 2. The molecule has 2 amide bonds. The van der Waals surface area contributed by atoms with Gasteiger partial charge in [-0.15, -0.1) is 0 Å². The van der Waals surface area contributed by atoms with Gasteiger partial charge in [0.1, 0.15) is 0 Å². The molecule has 120 valence electrons. The van der Waals surface area contributed by atoms with E-state index in [1.165, 1.54) is 25.5 Å². The van der Waals surface area contributed by atoms with Crippen LogP contribution < -0.4 is 0 Å². The first kappa shape index (κ1) is 15.1. The molecule has 1 aliphatic carbocycles. The second kappa shape index (κ2) is 6.99. The highest BCUT2D eigenvalue weighted by Gasteiger charge is 2.28. The van der Waals surface area contributed by atoms with Crippen molar-refractivity contribution in [3.05, 3.63) is 24.2 Å². The molecule has 5 heteroatoms. The lowest BCUT2D eigenvalue weighted by atomic mass is 9.88. The fourth-order valence-electron chi connectivity index (χ4n) is 3.50. The Kier molecular flexibility index (Phi) is 4.80. The minimum Gasteiger partial charge on any atom is -0.459 e. The van der Waals surface area contributed by atoms with Crippen LogP contribution >= 0.6 is 0 Å². The highest BCUT2D eigenvalue weighted by Crippen LogP contribution is 2.26. The summed E-state index contributed by atoms with van der Waals surface area (Å²) in [7, 11) is 0. The predicted octanol–water partition coefficient (Wildman–Crippen LogP) is 2.53. The maximum Gasteiger partial charge on any atom is 0.289 e. The van der Waals surface area contributed by atoms with E-state index in [9.17, 15) is 9.59 Å². The molecule has 0 spiro atoms. The summed E-state index contributed by atoms with van der Waals surface area (Å²) in [5, 5.41) is 0. The van der Waals surface area contributed by atoms with Crippen molar-refractivity contribution in [2.45, 2.75) is 38.5 Å². The second-order valence-corrected chi connectivity index (χ2v) is 6.28. The molecular formula is C17H24N2O3. The van der Waals surface area contributed by atoms with Crippen LogP contribution in [0, 0.1) is 5.92 Å². The van der Waals surface area contributed by atoms with Crippen molar-refractivity contribution in [3.8, 4) is 0 Å². The highest BCUT2D eigenvalue weighted by molar-refractivity contribution is 5.91. The molecule has 1 saturated carbocycles. The van der Waals surface area contributed by atoms with Crippen molar-refractivity contribution in [1.82, 2.24) is 9.80 Å². The van der Waals surface area contributed by atoms with E-state index in [4.69, 9.17) is 4.42 Å². The summed E-state index contributed by atoms with van der Waals surface area (Å²) in [4.78, 5) is 28.7. The molecule has 2 aliphatic rings. The Bertz CT molecular complexity index is 506. The molecule has 0 radical (unpaired) electrons. The summed E-state index contributed by atoms with van der Waals surface area (Å²) in [6, 6.07) is 3.42. The van der Waals surface area contributed by atoms with Gasteiger partial charge in [0.05, 0.1) is 6.26 Å². The first-order valence-electron chi connectivity index (χ1n) is 8.37. The average molecular weight is 304 g/mol. The van der Waals surface area contributed by atoms with Crippen LogP contribution in [0.4, 0.5) is 0 Å². The number of hydrogen-bond donors (Lipinski definition) is 0. The fraction of sp³-hybridized carbons (Fsp3) is 0.647. The Balaban J connectivity index is 1.57. The average Bonchev–Trinajstić information content (AvgIpc) is 2.99. The summed E-state index contributed by atoms with van der Waals surface area (Å²) in [5.74, 6) is 0.817. The van der Waals surface area contributed by atoms with Gasteiger partial charge >= 0.3 is 0 Å². The summed E-state index contributed by atoms with van der Waals surface area (Å²) >= 11 is 0. The largest absolute Gasteiger partial charge is 0.459 e. The van der Waals surface area contributed by atoms with E-state index in [0.29, 0.717) is 31.3 Å². The number of rotatable bonds is 2. The minimum atomic E-state index is -0.0723. The molecule has 0 bridgehead atoms. The lowest BCUT2D eigenvalue weighted by Gasteiger charge is -2.28. The van der Waals surface area contributed by atoms with Crippen LogP contribution in [0.15, 0.2) is 22.8 Å². The minimum absolute atomic E-state index is 0.0723. The molecule has 22 heavy (non-hydrogen) atoms. The topological polar surface area (TPSA) is 53.8 Å². The van der Waals surface area contributed by atoms with Crippen LogP contribution in [0.25, 0.3) is 0 Å². The first-order chi connectivity index (χ1) is 10.8. The monoisotopic (exact) mass is 304 g/mol. The number of carbonyl (C=O) groups is 2. The summed E-state index contributed by atoms with van der Waals surface area (Å²) in [6.07, 6.45) is 8.03. The molecule has 2 heterocycles. The summed E-state index contributed by atoms with van der Waals surface area (Å²) < 4.78 is 5.19. The maximum absolute atomic E-state index is 12.6. The van der Waals surface area contributed by atoms with Crippen LogP contribution in [0.1, 0.15) is 49.1 Å².